The zero-order valence-corrected chi connectivity index (χ0v) is 25.8. The number of aliphatic hydroxyl groups is 1. The second-order valence-electron chi connectivity index (χ2n) is 9.82. The zero-order valence-electron chi connectivity index (χ0n) is 25.8. The highest BCUT2D eigenvalue weighted by Crippen LogP contribution is 2.31. The van der Waals surface area contributed by atoms with Gasteiger partial charge in [0.05, 0.1) is 29.6 Å². The Morgan fingerprint density at radius 3 is 2.75 bits per heavy atom. The number of allylic oxidation sites excluding steroid dienone is 1. The molecular weight excluding hydrogens is 582 g/mol. The lowest BCUT2D eigenvalue weighted by Gasteiger charge is -2.18. The SMILES string of the molecule is CC.CC/C(=C(\C=C1\OCOC1C)[N+](=O)[O-])C(C)OC(=O)OCC1OC(n2ncc3c(=O)[nH]c(/N=C/N(C)C)nc32)CC1O. The molecule has 0 amide bonds. The molecule has 4 heterocycles. The number of carbonyl (C=O) groups is 1. The zero-order chi connectivity index (χ0) is 32.6. The summed E-state index contributed by atoms with van der Waals surface area (Å²) in [7, 11) is 3.53. The summed E-state index contributed by atoms with van der Waals surface area (Å²) in [5.74, 6) is 0.361. The molecule has 2 fully saturated rings. The number of H-pyrrole nitrogens is 1. The monoisotopic (exact) mass is 621 g/mol. The molecule has 0 aromatic carbocycles. The Morgan fingerprint density at radius 1 is 1.41 bits per heavy atom. The van der Waals surface area contributed by atoms with Gasteiger partial charge in [0.1, 0.15) is 36.1 Å². The molecule has 17 nitrogen and oxygen atoms in total. The summed E-state index contributed by atoms with van der Waals surface area (Å²) < 4.78 is 28.2. The van der Waals surface area contributed by atoms with Gasteiger partial charge in [0.15, 0.2) is 18.7 Å². The maximum Gasteiger partial charge on any atom is 0.508 e. The fourth-order valence-corrected chi connectivity index (χ4v) is 4.42. The van der Waals surface area contributed by atoms with Gasteiger partial charge in [0.25, 0.3) is 11.3 Å². The average Bonchev–Trinajstić information content (AvgIpc) is 3.69. The lowest BCUT2D eigenvalue weighted by atomic mass is 10.0. The van der Waals surface area contributed by atoms with Crippen LogP contribution in [0.2, 0.25) is 0 Å². The van der Waals surface area contributed by atoms with Crippen molar-refractivity contribution in [2.75, 3.05) is 27.5 Å². The molecule has 5 atom stereocenters. The summed E-state index contributed by atoms with van der Waals surface area (Å²) in [5, 5.41) is 26.8. The molecule has 0 radical (unpaired) electrons. The van der Waals surface area contributed by atoms with Crippen LogP contribution in [0.5, 0.6) is 0 Å². The predicted molar refractivity (Wildman–Crippen MR) is 157 cm³/mol. The Labute approximate surface area is 253 Å². The number of nitrogens with one attached hydrogen (secondary N) is 1. The van der Waals surface area contributed by atoms with Gasteiger partial charge in [-0.2, -0.15) is 10.1 Å². The van der Waals surface area contributed by atoms with Crippen molar-refractivity contribution in [3.05, 3.63) is 49.8 Å². The third kappa shape index (κ3) is 8.18. The largest absolute Gasteiger partial charge is 0.508 e. The van der Waals surface area contributed by atoms with Gasteiger partial charge in [-0.15, -0.1) is 0 Å². The summed E-state index contributed by atoms with van der Waals surface area (Å²) in [4.78, 5) is 48.8. The molecule has 44 heavy (non-hydrogen) atoms. The standard InChI is InChI=1S/C25H33N7O10.C2H6/c1-6-15(17(32(36)37)7-19-14(3)39-12-40-19)13(2)41-25(35)38-10-20-18(33)8-21(42-20)31-22-16(9-27-31)23(34)29-24(28-22)26-11-30(4)5;1-2/h7,9,11,13-14,18,20-21,33H,6,8,10,12H2,1-5H3,(H,28,29,34);1-2H3/b17-15-,19-7+,26-11+;. The molecule has 2 aliphatic heterocycles. The second kappa shape index (κ2) is 15.4. The Balaban J connectivity index is 0.00000259. The van der Waals surface area contributed by atoms with Crippen molar-refractivity contribution in [1.82, 2.24) is 24.6 Å². The first-order valence-corrected chi connectivity index (χ1v) is 14.2. The molecule has 2 saturated heterocycles. The number of aliphatic imine (C=N–C) groups is 1. The average molecular weight is 622 g/mol. The van der Waals surface area contributed by atoms with Crippen LogP contribution in [0.15, 0.2) is 39.1 Å². The van der Waals surface area contributed by atoms with Gasteiger partial charge in [-0.1, -0.05) is 20.8 Å². The first-order chi connectivity index (χ1) is 21.0. The van der Waals surface area contributed by atoms with Crippen LogP contribution in [0.4, 0.5) is 10.7 Å². The van der Waals surface area contributed by atoms with Crippen LogP contribution in [0, 0.1) is 10.1 Å². The number of carbonyl (C=O) groups excluding carboxylic acids is 1. The van der Waals surface area contributed by atoms with Gasteiger partial charge < -0.3 is 33.7 Å². The predicted octanol–water partition coefficient (Wildman–Crippen LogP) is 2.77. The molecule has 0 spiro atoms. The number of nitrogens with zero attached hydrogens (tertiary/aromatic N) is 6. The van der Waals surface area contributed by atoms with E-state index in [1.807, 2.05) is 13.8 Å². The van der Waals surface area contributed by atoms with E-state index in [0.717, 1.165) is 0 Å². The van der Waals surface area contributed by atoms with E-state index in [9.17, 15) is 24.8 Å². The van der Waals surface area contributed by atoms with Crippen LogP contribution in [0.25, 0.3) is 11.0 Å². The molecule has 4 rings (SSSR count). The van der Waals surface area contributed by atoms with E-state index in [1.54, 1.807) is 32.8 Å². The minimum Gasteiger partial charge on any atom is -0.469 e. The molecule has 0 saturated carbocycles. The van der Waals surface area contributed by atoms with Gasteiger partial charge in [-0.05, 0) is 20.3 Å². The molecule has 5 unspecified atom stereocenters. The number of nitro groups is 1. The Morgan fingerprint density at radius 2 is 2.14 bits per heavy atom. The number of fused-ring (bicyclic) bond motifs is 1. The normalized spacial score (nSPS) is 23.6. The number of aromatic amines is 1. The number of ether oxygens (including phenoxy) is 5. The molecule has 242 valence electrons. The maximum absolute atomic E-state index is 12.5. The Bertz CT molecular complexity index is 1460. The van der Waals surface area contributed by atoms with Crippen LogP contribution < -0.4 is 5.56 Å². The molecule has 2 aromatic rings. The first-order valence-electron chi connectivity index (χ1n) is 14.2. The van der Waals surface area contributed by atoms with Crippen molar-refractivity contribution < 1.29 is 38.5 Å². The van der Waals surface area contributed by atoms with E-state index in [1.165, 1.54) is 30.2 Å². The fraction of sp³-hybridized carbons (Fsp3) is 0.593. The first kappa shape index (κ1) is 34.1. The molecule has 17 heteroatoms. The summed E-state index contributed by atoms with van der Waals surface area (Å²) in [5.41, 5.74) is -0.261. The van der Waals surface area contributed by atoms with Gasteiger partial charge >= 0.3 is 6.16 Å². The molecule has 0 aliphatic carbocycles. The molecule has 0 bridgehead atoms. The van der Waals surface area contributed by atoms with E-state index < -0.39 is 47.3 Å². The van der Waals surface area contributed by atoms with Crippen LogP contribution in [-0.2, 0) is 23.7 Å². The minimum absolute atomic E-state index is 0.00837. The minimum atomic E-state index is -1.10. The van der Waals surface area contributed by atoms with Crippen molar-refractivity contribution in [2.24, 2.45) is 4.99 Å². The van der Waals surface area contributed by atoms with Crippen molar-refractivity contribution >= 4 is 29.5 Å². The van der Waals surface area contributed by atoms with E-state index >= 15 is 0 Å². The molecule has 2 N–H and O–H groups in total. The highest BCUT2D eigenvalue weighted by atomic mass is 16.7. The molecular formula is C27H39N7O10. The molecule has 2 aromatic heterocycles. The highest BCUT2D eigenvalue weighted by molar-refractivity contribution is 5.74. The van der Waals surface area contributed by atoms with Gasteiger partial charge in [-0.25, -0.2) is 14.5 Å². The smallest absolute Gasteiger partial charge is 0.469 e. The van der Waals surface area contributed by atoms with Crippen molar-refractivity contribution in [3.63, 3.8) is 0 Å². The summed E-state index contributed by atoms with van der Waals surface area (Å²) in [6.45, 7) is 8.51. The van der Waals surface area contributed by atoms with Crippen molar-refractivity contribution in [1.29, 1.82) is 0 Å². The van der Waals surface area contributed by atoms with Crippen LogP contribution >= 0.6 is 0 Å². The topological polar surface area (TPSA) is 206 Å². The van der Waals surface area contributed by atoms with Gasteiger partial charge in [-0.3, -0.25) is 19.9 Å². The lowest BCUT2D eigenvalue weighted by Crippen LogP contribution is -2.29. The Hall–Kier alpha value is -4.35. The van der Waals surface area contributed by atoms with Crippen LogP contribution in [-0.4, -0.2) is 99.1 Å². The highest BCUT2D eigenvalue weighted by Gasteiger charge is 2.38. The number of aromatic nitrogens is 4. The molecule has 2 aliphatic rings. The second-order valence-corrected chi connectivity index (χ2v) is 9.82. The van der Waals surface area contributed by atoms with Gasteiger partial charge in [0.2, 0.25) is 5.95 Å². The number of rotatable bonds is 10. The summed E-state index contributed by atoms with van der Waals surface area (Å²) >= 11 is 0. The number of aliphatic hydroxyl groups excluding tert-OH is 1. The summed E-state index contributed by atoms with van der Waals surface area (Å²) in [6, 6.07) is 0. The Kier molecular flexibility index (Phi) is 11.9. The number of hydrogen-bond donors (Lipinski definition) is 2. The number of hydrogen-bond acceptors (Lipinski definition) is 13. The van der Waals surface area contributed by atoms with E-state index in [0.29, 0.717) is 5.76 Å². The van der Waals surface area contributed by atoms with Crippen LogP contribution in [0.3, 0.4) is 0 Å². The maximum atomic E-state index is 12.5. The van der Waals surface area contributed by atoms with E-state index in [2.05, 4.69) is 20.1 Å². The van der Waals surface area contributed by atoms with E-state index in [-0.39, 0.29) is 54.5 Å². The third-order valence-electron chi connectivity index (χ3n) is 6.60. The third-order valence-corrected chi connectivity index (χ3v) is 6.60. The van der Waals surface area contributed by atoms with E-state index in [4.69, 9.17) is 23.7 Å². The van der Waals surface area contributed by atoms with Crippen molar-refractivity contribution in [3.8, 4) is 0 Å². The quantitative estimate of drug-likeness (QED) is 0.129. The van der Waals surface area contributed by atoms with Gasteiger partial charge in [0, 0.05) is 26.1 Å². The van der Waals surface area contributed by atoms with Crippen LogP contribution in [0.1, 0.15) is 53.7 Å². The van der Waals surface area contributed by atoms with Crippen molar-refractivity contribution in [2.45, 2.75) is 78.1 Å². The summed E-state index contributed by atoms with van der Waals surface area (Å²) in [6.07, 6.45) is -0.964. The lowest BCUT2D eigenvalue weighted by molar-refractivity contribution is -0.421. The fourth-order valence-electron chi connectivity index (χ4n) is 4.42.